The van der Waals surface area contributed by atoms with Crippen molar-refractivity contribution in [2.75, 3.05) is 30.9 Å². The number of ether oxygens (including phenoxy) is 3. The van der Waals surface area contributed by atoms with Crippen molar-refractivity contribution in [3.63, 3.8) is 0 Å². The van der Waals surface area contributed by atoms with Gasteiger partial charge in [-0.25, -0.2) is 42.6 Å². The number of alkyl halides is 1. The minimum atomic E-state index is -4.62. The van der Waals surface area contributed by atoms with E-state index in [1.165, 1.54) is 24.9 Å². The lowest BCUT2D eigenvalue weighted by molar-refractivity contribution is -0.127. The molecule has 27 nitrogen and oxygen atoms in total. The summed E-state index contributed by atoms with van der Waals surface area (Å²) in [6.07, 6.45) is -10.4. The van der Waals surface area contributed by atoms with Crippen molar-refractivity contribution >= 4 is 95.6 Å². The molecule has 2 unspecified atom stereocenters. The smallest absolute Gasteiger partial charge is 0.410 e. The van der Waals surface area contributed by atoms with Crippen LogP contribution in [0.2, 0.25) is 0 Å². The van der Waals surface area contributed by atoms with Crippen molar-refractivity contribution in [3.05, 3.63) is 107 Å². The molecule has 33 heteroatoms. The van der Waals surface area contributed by atoms with E-state index in [0.29, 0.717) is 16.8 Å². The third-order valence-electron chi connectivity index (χ3n) is 12.9. The van der Waals surface area contributed by atoms with E-state index in [-0.39, 0.29) is 47.3 Å². The van der Waals surface area contributed by atoms with Gasteiger partial charge in [-0.3, -0.25) is 41.8 Å². The van der Waals surface area contributed by atoms with Gasteiger partial charge in [0.05, 0.1) is 31.9 Å². The molecule has 0 spiro atoms. The fourth-order valence-electron chi connectivity index (χ4n) is 8.69. The molecule has 2 bridgehead atoms. The summed E-state index contributed by atoms with van der Waals surface area (Å²) in [5.74, 6) is -2.80. The molecular weight excluding hydrogens is 1120 g/mol. The Kier molecular flexibility index (Phi) is 17.1. The number of aromatic amines is 1. The summed E-state index contributed by atoms with van der Waals surface area (Å²) >= 11 is 8.13. The normalized spacial score (nSPS) is 27.0. The predicted octanol–water partition coefficient (Wildman–Crippen LogP) is 4.54. The summed E-state index contributed by atoms with van der Waals surface area (Å²) in [6.45, 7) is -5.87. The molecule has 7 N–H and O–H groups in total. The third-order valence-corrected chi connectivity index (χ3v) is 16.2. The Morgan fingerprint density at radius 2 is 1.59 bits per heavy atom. The first-order valence-corrected chi connectivity index (χ1v) is 29.5. The lowest BCUT2D eigenvalue weighted by atomic mass is 10.0. The van der Waals surface area contributed by atoms with Gasteiger partial charge >= 0.3 is 19.7 Å². The Morgan fingerprint density at radius 1 is 0.911 bits per heavy atom. The minimum Gasteiger partial charge on any atom is -0.445 e. The number of amides is 4. The quantitative estimate of drug-likeness (QED) is 0.0581. The Morgan fingerprint density at radius 3 is 2.32 bits per heavy atom. The number of benzene rings is 2. The number of carbonyl (C=O) groups excluding carboxylic acids is 4. The van der Waals surface area contributed by atoms with E-state index in [1.807, 2.05) is 0 Å². The number of aliphatic hydroxyl groups excluding tert-OH is 1. The highest BCUT2D eigenvalue weighted by Gasteiger charge is 2.54. The van der Waals surface area contributed by atoms with E-state index in [2.05, 4.69) is 65.4 Å². The predicted molar refractivity (Wildman–Crippen MR) is 281 cm³/mol. The summed E-state index contributed by atoms with van der Waals surface area (Å²) < 4.78 is 101. The van der Waals surface area contributed by atoms with Crippen LogP contribution in [0.25, 0.3) is 22.2 Å². The lowest BCUT2D eigenvalue weighted by Gasteiger charge is -2.26. The number of hydrogen-bond acceptors (Lipinski definition) is 20. The zero-order valence-corrected chi connectivity index (χ0v) is 45.6. The van der Waals surface area contributed by atoms with E-state index in [4.69, 9.17) is 38.0 Å². The van der Waals surface area contributed by atoms with E-state index >= 15 is 8.78 Å². The van der Waals surface area contributed by atoms with Crippen LogP contribution >= 0.6 is 38.1 Å². The first kappa shape index (κ1) is 57.5. The van der Waals surface area contributed by atoms with Gasteiger partial charge in [0, 0.05) is 31.0 Å². The minimum absolute atomic E-state index is 0.0277. The molecule has 4 amide bonds. The Bertz CT molecular complexity index is 3450. The maximum atomic E-state index is 16.8. The highest BCUT2D eigenvalue weighted by atomic mass is 32.7. The number of anilines is 2. The number of hydrogen-bond donors (Lipinski definition) is 8. The highest BCUT2D eigenvalue weighted by Crippen LogP contribution is 2.60. The zero-order valence-electron chi connectivity index (χ0n) is 42.0. The van der Waals surface area contributed by atoms with Crippen LogP contribution in [0, 0.1) is 11.7 Å². The summed E-state index contributed by atoms with van der Waals surface area (Å²) in [7, 11) is 1.48. The fourth-order valence-corrected chi connectivity index (χ4v) is 11.6. The summed E-state index contributed by atoms with van der Waals surface area (Å²) in [6, 6.07) is 11.3. The summed E-state index contributed by atoms with van der Waals surface area (Å²) in [5.41, 5.74) is 6.32. The molecule has 3 aliphatic heterocycles. The van der Waals surface area contributed by atoms with Crippen LogP contribution in [0.15, 0.2) is 78.5 Å². The van der Waals surface area contributed by atoms with Gasteiger partial charge in [0.1, 0.15) is 54.9 Å². The van der Waals surface area contributed by atoms with Crippen LogP contribution in [0.5, 0.6) is 0 Å². The van der Waals surface area contributed by atoms with Gasteiger partial charge in [-0.15, -0.1) is 0 Å². The van der Waals surface area contributed by atoms with Gasteiger partial charge in [0.2, 0.25) is 11.8 Å². The molecule has 422 valence electrons. The molecule has 3 saturated heterocycles. The van der Waals surface area contributed by atoms with Crippen molar-refractivity contribution in [3.8, 4) is 0 Å². The first-order valence-electron chi connectivity index (χ1n) is 24.1. The van der Waals surface area contributed by atoms with Crippen molar-refractivity contribution in [1.29, 1.82) is 0 Å². The fraction of sp³-hybridized carbons (Fsp3) is 0.413. The number of nitrogens with two attached hydrogens (primary N) is 1. The third kappa shape index (κ3) is 12.6. The molecule has 9 rings (SSSR count). The molecule has 7 heterocycles. The van der Waals surface area contributed by atoms with Gasteiger partial charge in [0.25, 0.3) is 11.5 Å². The van der Waals surface area contributed by atoms with Gasteiger partial charge in [-0.05, 0) is 42.2 Å². The van der Waals surface area contributed by atoms with Crippen LogP contribution in [0.1, 0.15) is 54.7 Å². The largest absolute Gasteiger partial charge is 0.445 e. The van der Waals surface area contributed by atoms with Crippen LogP contribution < -0.4 is 27.2 Å². The number of imidazole rings is 1. The Hall–Kier alpha value is -6.21. The highest BCUT2D eigenvalue weighted by molar-refractivity contribution is 8.44. The van der Waals surface area contributed by atoms with E-state index in [0.717, 1.165) is 34.3 Å². The van der Waals surface area contributed by atoms with Crippen LogP contribution in [-0.2, 0) is 64.2 Å². The van der Waals surface area contributed by atoms with Crippen LogP contribution in [-0.4, -0.2) is 137 Å². The number of carbonyl (C=O) groups is 4. The number of H-pyrrole nitrogens is 1. The molecule has 0 radical (unpaired) electrons. The summed E-state index contributed by atoms with van der Waals surface area (Å²) in [4.78, 5) is 84.8. The number of aliphatic hydroxyl groups is 1. The van der Waals surface area contributed by atoms with Crippen LogP contribution in [0.3, 0.4) is 0 Å². The number of fused-ring (bicyclic) bond motifs is 5. The first-order chi connectivity index (χ1) is 37.5. The molecule has 6 aromatic rings. The number of halogens is 2. The summed E-state index contributed by atoms with van der Waals surface area (Å²) in [5, 5.41) is 18.8. The second-order valence-electron chi connectivity index (χ2n) is 18.8. The average Bonchev–Trinajstić information content (AvgIpc) is 4.07. The number of rotatable bonds is 13. The number of nitrogens with one attached hydrogen (secondary N) is 4. The molecule has 0 aliphatic carbocycles. The van der Waals surface area contributed by atoms with Crippen molar-refractivity contribution in [1.82, 2.24) is 44.3 Å². The standard InChI is InChI=1S/C46H52F2N12O15P2S2/c1-21(2)32(49)43(65)55-22(3)40(62)56-25-11-9-23(10-12-25)15-69-46(66)58(4)13-24-7-5-6-8-26(24)41(63)57-37-33-39(52-18-50-37)60(20-54-33)44-31(48)35-29(73-44)17-71-77(68,79)75-36-34(61)28(16-70-76(67,78)74-35)72-45(36)59-14-27(47)30-38(59)51-19-53-42(30)64/h5-12,14,18-22,28-29,31-32,34-36,44-45,61H,13,15-17,49H2,1-4H3,(H,55,65)(H,56,62)(H,67,78)(H,68,79)(H,51,53,64)(H,50,52,57,63)/t22-,28+,29?,31+,32-,34+,35+,36+,44+,45?,76+,77+/m0/s1. The van der Waals surface area contributed by atoms with Crippen molar-refractivity contribution in [2.24, 2.45) is 11.7 Å². The maximum absolute atomic E-state index is 16.8. The van der Waals surface area contributed by atoms with E-state index in [1.54, 1.807) is 56.3 Å². The molecule has 79 heavy (non-hydrogen) atoms. The monoisotopic (exact) mass is 1180 g/mol. The van der Waals surface area contributed by atoms with Gasteiger partial charge in [-0.1, -0.05) is 68.7 Å². The average molecular weight is 1180 g/mol. The SMILES string of the molecule is CC(C)[C@H](N)C(=O)N[C@@H](C)C(=O)Nc1ccc(COC(=O)N(C)Cc2ccccc2C(=O)Nc2ncnc3c2ncn3[C@@H]2OC3CO[P@@](=O)(S)O[C@H]4C(n5cc(F)c6c(=O)[nH]cnc65)O[C@H](CO[P@@](=O)(S)O[C@H]3[C@H]2F)[C@H]4O)cc1. The molecule has 3 fully saturated rings. The molecule has 4 aromatic heterocycles. The lowest BCUT2D eigenvalue weighted by Crippen LogP contribution is -2.50. The Balaban J connectivity index is 0.841. The van der Waals surface area contributed by atoms with Gasteiger partial charge in [0.15, 0.2) is 47.1 Å². The Labute approximate surface area is 456 Å². The van der Waals surface area contributed by atoms with Gasteiger partial charge < -0.3 is 55.5 Å². The second kappa shape index (κ2) is 23.5. The topological polar surface area (TPSA) is 347 Å². The van der Waals surface area contributed by atoms with Gasteiger partial charge in [-0.2, -0.15) is 0 Å². The van der Waals surface area contributed by atoms with E-state index in [9.17, 15) is 38.2 Å². The molecule has 2 aromatic carbocycles. The van der Waals surface area contributed by atoms with E-state index < -0.39 is 129 Å². The number of nitrogens with zero attached hydrogens (tertiary/aromatic N) is 7. The number of thiol groups is 2. The molecular formula is C46H52F2N12O15P2S2. The molecule has 3 aliphatic rings. The second-order valence-corrected chi connectivity index (χ2v) is 24.6. The number of aromatic nitrogens is 7. The maximum Gasteiger partial charge on any atom is 0.410 e. The zero-order chi connectivity index (χ0) is 56.7. The van der Waals surface area contributed by atoms with Crippen molar-refractivity contribution < 1.29 is 74.5 Å². The molecule has 12 atom stereocenters. The molecule has 0 saturated carbocycles. The van der Waals surface area contributed by atoms with Crippen molar-refractivity contribution in [2.45, 2.75) is 95.2 Å². The van der Waals surface area contributed by atoms with Crippen LogP contribution in [0.4, 0.5) is 25.1 Å².